The number of ketones is 1. The van der Waals surface area contributed by atoms with Gasteiger partial charge in [-0.1, -0.05) is 42.0 Å². The Labute approximate surface area is 168 Å². The molecule has 142 valence electrons. The Balaban J connectivity index is 1.52. The van der Waals surface area contributed by atoms with Crippen LogP contribution in [-0.2, 0) is 4.79 Å². The number of carbonyl (C=O) groups excluding carboxylic acids is 2. The van der Waals surface area contributed by atoms with Gasteiger partial charge in [0.2, 0.25) is 0 Å². The Morgan fingerprint density at radius 1 is 1.07 bits per heavy atom. The molecule has 0 aliphatic carbocycles. The van der Waals surface area contributed by atoms with Crippen LogP contribution in [-0.4, -0.2) is 18.3 Å². The summed E-state index contributed by atoms with van der Waals surface area (Å²) in [5.74, 6) is 0.462. The molecule has 1 heterocycles. The van der Waals surface area contributed by atoms with Gasteiger partial charge in [-0.15, -0.1) is 11.3 Å². The van der Waals surface area contributed by atoms with Gasteiger partial charge < -0.3 is 10.1 Å². The third kappa shape index (κ3) is 5.41. The lowest BCUT2D eigenvalue weighted by Crippen LogP contribution is -2.20. The quantitative estimate of drug-likeness (QED) is 0.440. The van der Waals surface area contributed by atoms with Crippen LogP contribution in [0.4, 0.5) is 5.69 Å². The molecule has 0 atom stereocenters. The summed E-state index contributed by atoms with van der Waals surface area (Å²) in [7, 11) is 0. The van der Waals surface area contributed by atoms with Gasteiger partial charge in [0.15, 0.2) is 12.4 Å². The second-order valence-corrected chi connectivity index (χ2v) is 7.35. The number of hydrogen-bond acceptors (Lipinski definition) is 4. The summed E-state index contributed by atoms with van der Waals surface area (Å²) in [4.78, 5) is 24.8. The minimum Gasteiger partial charge on any atom is -0.483 e. The van der Waals surface area contributed by atoms with Gasteiger partial charge in [-0.25, -0.2) is 0 Å². The molecule has 2 aromatic carbocycles. The fourth-order valence-electron chi connectivity index (χ4n) is 2.65. The van der Waals surface area contributed by atoms with Crippen molar-refractivity contribution in [2.75, 3.05) is 11.9 Å². The molecule has 3 rings (SSSR count). The monoisotopic (exact) mass is 391 g/mol. The highest BCUT2D eigenvalue weighted by atomic mass is 32.1. The standard InChI is InChI=1S/C23H21NO3S/c1-16-5-12-21(17(2)14-16)27-15-23(26)24-19-9-6-18(7-10-19)8-11-20(25)22-4-3-13-28-22/h3-14H,15H2,1-2H3,(H,24,26). The van der Waals surface area contributed by atoms with Crippen molar-refractivity contribution in [3.8, 4) is 5.75 Å². The molecule has 4 nitrogen and oxygen atoms in total. The maximum absolute atomic E-state index is 12.1. The van der Waals surface area contributed by atoms with Gasteiger partial charge in [-0.05, 0) is 60.7 Å². The number of allylic oxidation sites excluding steroid dienone is 1. The molecule has 5 heteroatoms. The first-order chi connectivity index (χ1) is 13.5. The Bertz CT molecular complexity index is 989. The number of aryl methyl sites for hydroxylation is 2. The second kappa shape index (κ2) is 9.15. The first-order valence-electron chi connectivity index (χ1n) is 8.87. The van der Waals surface area contributed by atoms with Gasteiger partial charge in [0.1, 0.15) is 5.75 Å². The van der Waals surface area contributed by atoms with E-state index < -0.39 is 0 Å². The lowest BCUT2D eigenvalue weighted by Gasteiger charge is -2.10. The fourth-order valence-corrected chi connectivity index (χ4v) is 3.30. The van der Waals surface area contributed by atoms with Crippen molar-refractivity contribution in [1.29, 1.82) is 0 Å². The van der Waals surface area contributed by atoms with E-state index in [9.17, 15) is 9.59 Å². The fraction of sp³-hybridized carbons (Fsp3) is 0.130. The molecule has 28 heavy (non-hydrogen) atoms. The molecule has 0 fully saturated rings. The van der Waals surface area contributed by atoms with E-state index in [1.807, 2.05) is 55.6 Å². The first kappa shape index (κ1) is 19.6. The molecule has 0 aliphatic rings. The van der Waals surface area contributed by atoms with Crippen LogP contribution in [0.25, 0.3) is 6.08 Å². The zero-order valence-electron chi connectivity index (χ0n) is 15.8. The molecular formula is C23H21NO3S. The average Bonchev–Trinajstić information content (AvgIpc) is 3.21. The average molecular weight is 391 g/mol. The zero-order valence-corrected chi connectivity index (χ0v) is 16.6. The smallest absolute Gasteiger partial charge is 0.262 e. The third-order valence-corrected chi connectivity index (χ3v) is 4.96. The molecular weight excluding hydrogens is 370 g/mol. The number of carbonyl (C=O) groups is 2. The van der Waals surface area contributed by atoms with Crippen LogP contribution in [0.2, 0.25) is 0 Å². The second-order valence-electron chi connectivity index (χ2n) is 6.40. The van der Waals surface area contributed by atoms with Crippen LogP contribution < -0.4 is 10.1 Å². The predicted molar refractivity (Wildman–Crippen MR) is 114 cm³/mol. The Kier molecular flexibility index (Phi) is 6.40. The molecule has 1 N–H and O–H groups in total. The van der Waals surface area contributed by atoms with Crippen molar-refractivity contribution in [3.63, 3.8) is 0 Å². The normalized spacial score (nSPS) is 10.8. The minimum atomic E-state index is -0.226. The number of rotatable bonds is 7. The predicted octanol–water partition coefficient (Wildman–Crippen LogP) is 5.28. The zero-order chi connectivity index (χ0) is 19.9. The minimum absolute atomic E-state index is 0.0177. The summed E-state index contributed by atoms with van der Waals surface area (Å²) in [6.45, 7) is 3.91. The van der Waals surface area contributed by atoms with Gasteiger partial charge >= 0.3 is 0 Å². The molecule has 0 saturated heterocycles. The third-order valence-electron chi connectivity index (χ3n) is 4.07. The van der Waals surface area contributed by atoms with E-state index in [4.69, 9.17) is 4.74 Å². The van der Waals surface area contributed by atoms with Crippen molar-refractivity contribution in [2.45, 2.75) is 13.8 Å². The Hall–Kier alpha value is -3.18. The van der Waals surface area contributed by atoms with E-state index in [2.05, 4.69) is 5.32 Å². The van der Waals surface area contributed by atoms with Crippen LogP contribution >= 0.6 is 11.3 Å². The highest BCUT2D eigenvalue weighted by Crippen LogP contribution is 2.19. The number of benzene rings is 2. The molecule has 0 saturated carbocycles. The van der Waals surface area contributed by atoms with Crippen molar-refractivity contribution < 1.29 is 14.3 Å². The van der Waals surface area contributed by atoms with Crippen LogP contribution in [0.1, 0.15) is 26.4 Å². The molecule has 0 aliphatic heterocycles. The summed E-state index contributed by atoms with van der Waals surface area (Å²) in [5.41, 5.74) is 3.71. The lowest BCUT2D eigenvalue weighted by atomic mass is 10.1. The highest BCUT2D eigenvalue weighted by molar-refractivity contribution is 7.12. The van der Waals surface area contributed by atoms with E-state index in [1.165, 1.54) is 11.3 Å². The number of thiophene rings is 1. The van der Waals surface area contributed by atoms with Crippen LogP contribution in [0, 0.1) is 13.8 Å². The van der Waals surface area contributed by atoms with Gasteiger partial charge in [0.05, 0.1) is 4.88 Å². The molecule has 0 spiro atoms. The van der Waals surface area contributed by atoms with E-state index in [-0.39, 0.29) is 18.3 Å². The summed E-state index contributed by atoms with van der Waals surface area (Å²) >= 11 is 1.42. The maximum Gasteiger partial charge on any atom is 0.262 e. The van der Waals surface area contributed by atoms with Crippen molar-refractivity contribution >= 4 is 34.8 Å². The summed E-state index contributed by atoms with van der Waals surface area (Å²) < 4.78 is 5.59. The number of ether oxygens (including phenoxy) is 1. The highest BCUT2D eigenvalue weighted by Gasteiger charge is 2.06. The van der Waals surface area contributed by atoms with Crippen LogP contribution in [0.3, 0.4) is 0 Å². The summed E-state index contributed by atoms with van der Waals surface area (Å²) in [5, 5.41) is 4.68. The van der Waals surface area contributed by atoms with Crippen LogP contribution in [0.15, 0.2) is 66.1 Å². The van der Waals surface area contributed by atoms with Gasteiger partial charge in [-0.3, -0.25) is 9.59 Å². The van der Waals surface area contributed by atoms with Crippen molar-refractivity contribution in [1.82, 2.24) is 0 Å². The topological polar surface area (TPSA) is 55.4 Å². The number of amides is 1. The molecule has 0 unspecified atom stereocenters. The van der Waals surface area contributed by atoms with Gasteiger partial charge in [0.25, 0.3) is 5.91 Å². The number of nitrogens with one attached hydrogen (secondary N) is 1. The Morgan fingerprint density at radius 2 is 1.86 bits per heavy atom. The van der Waals surface area contributed by atoms with Gasteiger partial charge in [-0.2, -0.15) is 0 Å². The molecule has 3 aromatic rings. The van der Waals surface area contributed by atoms with Crippen molar-refractivity contribution in [3.05, 3.63) is 87.6 Å². The first-order valence-corrected chi connectivity index (χ1v) is 9.75. The SMILES string of the molecule is Cc1ccc(OCC(=O)Nc2ccc(C=CC(=O)c3cccs3)cc2)c(C)c1. The van der Waals surface area contributed by atoms with E-state index >= 15 is 0 Å². The maximum atomic E-state index is 12.1. The van der Waals surface area contributed by atoms with Crippen LogP contribution in [0.5, 0.6) is 5.75 Å². The van der Waals surface area contributed by atoms with E-state index in [0.29, 0.717) is 16.3 Å². The molecule has 0 bridgehead atoms. The molecule has 1 aromatic heterocycles. The van der Waals surface area contributed by atoms with Gasteiger partial charge in [0, 0.05) is 5.69 Å². The molecule has 0 radical (unpaired) electrons. The summed E-state index contributed by atoms with van der Waals surface area (Å²) in [6, 6.07) is 16.8. The largest absolute Gasteiger partial charge is 0.483 e. The Morgan fingerprint density at radius 3 is 2.54 bits per heavy atom. The van der Waals surface area contributed by atoms with E-state index in [0.717, 1.165) is 16.7 Å². The van der Waals surface area contributed by atoms with Crippen molar-refractivity contribution in [2.24, 2.45) is 0 Å². The lowest BCUT2D eigenvalue weighted by molar-refractivity contribution is -0.118. The number of hydrogen-bond donors (Lipinski definition) is 1. The van der Waals surface area contributed by atoms with E-state index in [1.54, 1.807) is 30.4 Å². The number of anilines is 1. The molecule has 1 amide bonds. The summed E-state index contributed by atoms with van der Waals surface area (Å²) in [6.07, 6.45) is 3.31.